The summed E-state index contributed by atoms with van der Waals surface area (Å²) >= 11 is 7.51. The van der Waals surface area contributed by atoms with Crippen LogP contribution in [0.4, 0.5) is 10.7 Å². The first-order valence-corrected chi connectivity index (χ1v) is 8.44. The number of hydrogen-bond acceptors (Lipinski definition) is 6. The van der Waals surface area contributed by atoms with Crippen LogP contribution in [0.25, 0.3) is 0 Å². The lowest BCUT2D eigenvalue weighted by atomic mass is 10.0. The lowest BCUT2D eigenvalue weighted by Gasteiger charge is -2.08. The number of anilines is 2. The maximum atomic E-state index is 12.4. The highest BCUT2D eigenvalue weighted by atomic mass is 35.5. The molecule has 0 saturated carbocycles. The molecule has 0 bridgehead atoms. The van der Waals surface area contributed by atoms with Gasteiger partial charge in [0.15, 0.2) is 0 Å². The van der Waals surface area contributed by atoms with Crippen molar-refractivity contribution in [3.8, 4) is 0 Å². The summed E-state index contributed by atoms with van der Waals surface area (Å²) in [5, 5.41) is 12.5. The third-order valence-corrected chi connectivity index (χ3v) is 5.38. The molecule has 126 valence electrons. The number of aryl methyl sites for hydroxylation is 1. The molecule has 1 aromatic carbocycles. The largest absolute Gasteiger partial charge is 0.469 e. The highest BCUT2D eigenvalue weighted by molar-refractivity contribution is 7.16. The highest BCUT2D eigenvalue weighted by Gasteiger charge is 2.31. The van der Waals surface area contributed by atoms with Gasteiger partial charge in [0.25, 0.3) is 5.91 Å². The van der Waals surface area contributed by atoms with Gasteiger partial charge in [-0.3, -0.25) is 20.3 Å². The molecule has 0 fully saturated rings. The summed E-state index contributed by atoms with van der Waals surface area (Å²) in [7, 11) is 1.38. The quantitative estimate of drug-likeness (QED) is 0.567. The summed E-state index contributed by atoms with van der Waals surface area (Å²) in [4.78, 5) is 25.2. The third kappa shape index (κ3) is 3.10. The Labute approximate surface area is 147 Å². The van der Waals surface area contributed by atoms with Crippen molar-refractivity contribution >= 4 is 45.5 Å². The molecule has 0 aliphatic heterocycles. The predicted octanol–water partition coefficient (Wildman–Crippen LogP) is 3.66. The number of methoxy groups -OCH3 is 1. The average molecular weight is 367 g/mol. The van der Waals surface area contributed by atoms with Gasteiger partial charge in [-0.2, -0.15) is 0 Å². The molecular weight excluding hydrogens is 352 g/mol. The van der Waals surface area contributed by atoms with Gasteiger partial charge >= 0.3 is 5.97 Å². The van der Waals surface area contributed by atoms with Crippen LogP contribution in [0.5, 0.6) is 0 Å². The molecule has 1 aromatic heterocycles. The van der Waals surface area contributed by atoms with Crippen LogP contribution in [0, 0.1) is 0 Å². The van der Waals surface area contributed by atoms with E-state index in [9.17, 15) is 9.59 Å². The lowest BCUT2D eigenvalue weighted by molar-refractivity contribution is -0.142. The van der Waals surface area contributed by atoms with Gasteiger partial charge in [0, 0.05) is 4.88 Å². The van der Waals surface area contributed by atoms with Crippen LogP contribution in [-0.2, 0) is 16.0 Å². The van der Waals surface area contributed by atoms with Crippen molar-refractivity contribution in [2.24, 2.45) is 0 Å². The molecule has 2 aromatic rings. The smallest absolute Gasteiger partial charge is 0.313 e. The van der Waals surface area contributed by atoms with Crippen molar-refractivity contribution in [2.75, 3.05) is 17.9 Å². The van der Waals surface area contributed by atoms with E-state index < -0.39 is 0 Å². The van der Waals surface area contributed by atoms with Crippen LogP contribution in [0.1, 0.15) is 33.1 Å². The second-order valence-corrected chi connectivity index (χ2v) is 6.91. The van der Waals surface area contributed by atoms with Gasteiger partial charge in [0.05, 0.1) is 34.3 Å². The topological polar surface area (TPSA) is 87.7 Å². The number of halogens is 1. The predicted molar refractivity (Wildman–Crippen MR) is 92.2 cm³/mol. The number of amides is 1. The van der Waals surface area contributed by atoms with Crippen LogP contribution >= 0.6 is 22.9 Å². The summed E-state index contributed by atoms with van der Waals surface area (Å²) in [5.74, 6) is -0.857. The number of benzene rings is 1. The molecule has 0 radical (unpaired) electrons. The van der Waals surface area contributed by atoms with E-state index in [0.717, 1.165) is 23.3 Å². The number of rotatable bonds is 4. The molecule has 0 saturated heterocycles. The summed E-state index contributed by atoms with van der Waals surface area (Å²) in [6.45, 7) is 0. The van der Waals surface area contributed by atoms with E-state index in [4.69, 9.17) is 21.5 Å². The molecule has 6 nitrogen and oxygen atoms in total. The molecule has 1 aliphatic carbocycles. The van der Waals surface area contributed by atoms with Crippen molar-refractivity contribution in [3.63, 3.8) is 0 Å². The van der Waals surface area contributed by atoms with Crippen LogP contribution < -0.4 is 10.8 Å². The first-order chi connectivity index (χ1) is 11.5. The van der Waals surface area contributed by atoms with Crippen LogP contribution in [0.15, 0.2) is 24.3 Å². The first-order valence-electron chi connectivity index (χ1n) is 7.25. The zero-order valence-electron chi connectivity index (χ0n) is 12.8. The van der Waals surface area contributed by atoms with Gasteiger partial charge in [-0.25, -0.2) is 0 Å². The van der Waals surface area contributed by atoms with E-state index >= 15 is 0 Å². The second-order valence-electron chi connectivity index (χ2n) is 5.36. The Morgan fingerprint density at radius 1 is 1.38 bits per heavy atom. The van der Waals surface area contributed by atoms with Gasteiger partial charge in [-0.1, -0.05) is 11.6 Å². The molecule has 8 heteroatoms. The number of fused-ring (bicyclic) bond motifs is 1. The normalized spacial score (nSPS) is 15.7. The van der Waals surface area contributed by atoms with Crippen molar-refractivity contribution in [1.29, 1.82) is 0 Å². The number of carbonyl (C=O) groups excluding carboxylic acids is 2. The van der Waals surface area contributed by atoms with Crippen molar-refractivity contribution in [2.45, 2.75) is 18.8 Å². The zero-order valence-corrected chi connectivity index (χ0v) is 14.3. The van der Waals surface area contributed by atoms with E-state index in [1.54, 1.807) is 6.07 Å². The van der Waals surface area contributed by atoms with Crippen molar-refractivity contribution in [1.82, 2.24) is 0 Å². The van der Waals surface area contributed by atoms with Crippen molar-refractivity contribution < 1.29 is 19.5 Å². The Hall–Kier alpha value is -2.09. The van der Waals surface area contributed by atoms with Gasteiger partial charge < -0.3 is 10.1 Å². The number of carbonyl (C=O) groups is 2. The second kappa shape index (κ2) is 6.80. The maximum Gasteiger partial charge on any atom is 0.313 e. The Bertz CT molecular complexity index is 805. The van der Waals surface area contributed by atoms with Gasteiger partial charge in [-0.15, -0.1) is 11.3 Å². The minimum Gasteiger partial charge on any atom is -0.469 e. The molecule has 1 atom stereocenters. The molecule has 1 unspecified atom stereocenters. The molecule has 0 spiro atoms. The number of ether oxygens (including phenoxy) is 1. The molecule has 1 aliphatic rings. The van der Waals surface area contributed by atoms with Gasteiger partial charge in [0.1, 0.15) is 0 Å². The van der Waals surface area contributed by atoms with Crippen LogP contribution in [-0.4, -0.2) is 24.2 Å². The number of thiophene rings is 1. The highest BCUT2D eigenvalue weighted by Crippen LogP contribution is 2.41. The maximum absolute atomic E-state index is 12.4. The standard InChI is InChI=1S/C16H15ClN2O4S/c1-23-16(21)9-4-5-13-11(9)7-14(24-13)18-15(20)10-3-2-8(19-22)6-12(10)17/h2-3,6-7,9,19,22H,4-5H2,1H3,(H,18,20). The monoisotopic (exact) mass is 366 g/mol. The summed E-state index contributed by atoms with van der Waals surface area (Å²) < 4.78 is 4.82. The minimum absolute atomic E-state index is 0.225. The van der Waals surface area contributed by atoms with E-state index in [2.05, 4.69) is 5.32 Å². The zero-order chi connectivity index (χ0) is 17.3. The van der Waals surface area contributed by atoms with E-state index in [0.29, 0.717) is 16.3 Å². The lowest BCUT2D eigenvalue weighted by Crippen LogP contribution is -2.12. The fourth-order valence-electron chi connectivity index (χ4n) is 2.76. The molecule has 1 heterocycles. The van der Waals surface area contributed by atoms with E-state index in [-0.39, 0.29) is 22.8 Å². The number of esters is 1. The Balaban J connectivity index is 1.78. The summed E-state index contributed by atoms with van der Waals surface area (Å²) in [5.41, 5.74) is 3.59. The van der Waals surface area contributed by atoms with Crippen LogP contribution in [0.2, 0.25) is 5.02 Å². The minimum atomic E-state index is -0.348. The van der Waals surface area contributed by atoms with E-state index in [1.165, 1.54) is 30.6 Å². The first kappa shape index (κ1) is 16.8. The molecule has 3 N–H and O–H groups in total. The fraction of sp³-hybridized carbons (Fsp3) is 0.250. The summed E-state index contributed by atoms with van der Waals surface area (Å²) in [6, 6.07) is 6.35. The van der Waals surface area contributed by atoms with Gasteiger partial charge in [0.2, 0.25) is 0 Å². The Kier molecular flexibility index (Phi) is 4.75. The Morgan fingerprint density at radius 3 is 2.83 bits per heavy atom. The van der Waals surface area contributed by atoms with E-state index in [1.807, 2.05) is 11.5 Å². The summed E-state index contributed by atoms with van der Waals surface area (Å²) in [6.07, 6.45) is 1.54. The molecule has 24 heavy (non-hydrogen) atoms. The molecular formula is C16H15ClN2O4S. The third-order valence-electron chi connectivity index (χ3n) is 3.94. The number of hydrogen-bond donors (Lipinski definition) is 3. The van der Waals surface area contributed by atoms with Crippen molar-refractivity contribution in [3.05, 3.63) is 45.3 Å². The molecule has 1 amide bonds. The molecule has 3 rings (SSSR count). The Morgan fingerprint density at radius 2 is 2.17 bits per heavy atom. The van der Waals surface area contributed by atoms with Crippen LogP contribution in [0.3, 0.4) is 0 Å². The number of nitrogens with one attached hydrogen (secondary N) is 2. The average Bonchev–Trinajstić information content (AvgIpc) is 3.13. The SMILES string of the molecule is COC(=O)C1CCc2sc(NC(=O)c3ccc(NO)cc3Cl)cc21. The fourth-order valence-corrected chi connectivity index (χ4v) is 4.16. The van der Waals surface area contributed by atoms with Gasteiger partial charge in [-0.05, 0) is 42.7 Å².